The zero-order chi connectivity index (χ0) is 34.8. The zero-order valence-corrected chi connectivity index (χ0v) is 29.6. The average Bonchev–Trinajstić information content (AvgIpc) is 3.35. The lowest BCUT2D eigenvalue weighted by Gasteiger charge is -2.41. The number of carbonyl (C=O) groups is 4. The number of nitrogens with two attached hydrogens (primary N) is 1. The predicted molar refractivity (Wildman–Crippen MR) is 185 cm³/mol. The second-order valence-electron chi connectivity index (χ2n) is 12.4. The van der Waals surface area contributed by atoms with Crippen molar-refractivity contribution >= 4 is 81.1 Å². The maximum Gasteiger partial charge on any atom is 0.408 e. The lowest BCUT2D eigenvalue weighted by molar-refractivity contribution is -0.139. The number of halogens is 4. The molecule has 2 aromatic carbocycles. The van der Waals surface area contributed by atoms with Gasteiger partial charge < -0.3 is 26.5 Å². The van der Waals surface area contributed by atoms with Crippen LogP contribution in [0.15, 0.2) is 30.3 Å². The van der Waals surface area contributed by atoms with E-state index in [4.69, 9.17) is 52.1 Å². The number of rotatable bonds is 12. The number of benzene rings is 2. The first kappa shape index (κ1) is 36.7. The van der Waals surface area contributed by atoms with Gasteiger partial charge in [-0.2, -0.15) is 0 Å². The molecule has 1 aliphatic carbocycles. The standard InChI is InChI=1S/C33H39Cl4N5O5/c1-5-16(3)26(29(38)43)40-31(45)33(8-7-25-23(14-33)22-12-21(36)13-24(37)27(22)39-25)41-30(44)28(17(4)6-2)42(32(46)47)15-18-9-19(34)11-20(35)10-18/h9-13,16-17,26,28,39H,5-8,14-15H2,1-4H3,(H2,38,43)(H,40,45)(H,41,44)(H,46,47)/t16-,17?,26-,28?,33+/m0/s1. The molecule has 0 spiro atoms. The number of nitrogens with one attached hydrogen (secondary N) is 3. The van der Waals surface area contributed by atoms with Crippen molar-refractivity contribution in [3.05, 3.63) is 67.2 Å². The van der Waals surface area contributed by atoms with Crippen LogP contribution >= 0.6 is 46.4 Å². The van der Waals surface area contributed by atoms with Crippen molar-refractivity contribution in [2.75, 3.05) is 0 Å². The Bertz CT molecular complexity index is 1680. The molecule has 0 bridgehead atoms. The summed E-state index contributed by atoms with van der Waals surface area (Å²) in [5.41, 5.74) is 6.83. The van der Waals surface area contributed by atoms with E-state index in [0.717, 1.165) is 16.2 Å². The molecule has 0 saturated carbocycles. The molecule has 0 fully saturated rings. The number of aryl methyl sites for hydroxylation is 1. The van der Waals surface area contributed by atoms with Gasteiger partial charge in [0.1, 0.15) is 17.6 Å². The van der Waals surface area contributed by atoms with Gasteiger partial charge >= 0.3 is 6.09 Å². The van der Waals surface area contributed by atoms with Crippen LogP contribution in [0.3, 0.4) is 0 Å². The number of nitrogens with zero attached hydrogens (tertiary/aromatic N) is 1. The van der Waals surface area contributed by atoms with Crippen molar-refractivity contribution < 1.29 is 24.3 Å². The summed E-state index contributed by atoms with van der Waals surface area (Å²) in [6.07, 6.45) is 0.191. The Morgan fingerprint density at radius 2 is 1.60 bits per heavy atom. The van der Waals surface area contributed by atoms with Gasteiger partial charge in [0.25, 0.3) is 0 Å². The summed E-state index contributed by atoms with van der Waals surface area (Å²) in [5.74, 6) is -2.71. The fourth-order valence-corrected chi connectivity index (χ4v) is 7.37. The number of aromatic amines is 1. The third kappa shape index (κ3) is 7.94. The number of hydrogen-bond donors (Lipinski definition) is 5. The van der Waals surface area contributed by atoms with E-state index in [-0.39, 0.29) is 25.3 Å². The number of aromatic nitrogens is 1. The van der Waals surface area contributed by atoms with Gasteiger partial charge in [-0.1, -0.05) is 86.9 Å². The number of carbonyl (C=O) groups excluding carboxylic acids is 3. The first-order valence-electron chi connectivity index (χ1n) is 15.5. The molecule has 1 heterocycles. The van der Waals surface area contributed by atoms with E-state index < -0.39 is 47.4 Å². The Balaban J connectivity index is 1.80. The highest BCUT2D eigenvalue weighted by Gasteiger charge is 2.47. The first-order valence-corrected chi connectivity index (χ1v) is 17.0. The van der Waals surface area contributed by atoms with Gasteiger partial charge in [0.15, 0.2) is 0 Å². The summed E-state index contributed by atoms with van der Waals surface area (Å²) in [5, 5.41) is 18.3. The van der Waals surface area contributed by atoms with Gasteiger partial charge in [0.2, 0.25) is 17.7 Å². The van der Waals surface area contributed by atoms with Crippen molar-refractivity contribution in [1.29, 1.82) is 0 Å². The second kappa shape index (κ2) is 14.9. The zero-order valence-electron chi connectivity index (χ0n) is 26.6. The summed E-state index contributed by atoms with van der Waals surface area (Å²) < 4.78 is 0. The second-order valence-corrected chi connectivity index (χ2v) is 14.1. The number of primary amides is 1. The lowest BCUT2D eigenvalue weighted by Crippen LogP contribution is -2.67. The van der Waals surface area contributed by atoms with E-state index in [1.165, 1.54) is 6.07 Å². The molecule has 4 rings (SSSR count). The quantitative estimate of drug-likeness (QED) is 0.140. The molecule has 4 amide bonds. The maximum atomic E-state index is 14.4. The Morgan fingerprint density at radius 1 is 0.979 bits per heavy atom. The first-order chi connectivity index (χ1) is 22.1. The summed E-state index contributed by atoms with van der Waals surface area (Å²) >= 11 is 25.2. The van der Waals surface area contributed by atoms with Gasteiger partial charge in [-0.3, -0.25) is 19.3 Å². The fraction of sp³-hybridized carbons (Fsp3) is 0.455. The molecule has 10 nitrogen and oxygen atoms in total. The predicted octanol–water partition coefficient (Wildman–Crippen LogP) is 6.74. The highest BCUT2D eigenvalue weighted by Crippen LogP contribution is 2.38. The highest BCUT2D eigenvalue weighted by atomic mass is 35.5. The van der Waals surface area contributed by atoms with Crippen LogP contribution in [0.25, 0.3) is 10.9 Å². The number of H-pyrrole nitrogens is 1. The molecule has 2 unspecified atom stereocenters. The van der Waals surface area contributed by atoms with Crippen LogP contribution in [0.4, 0.5) is 4.79 Å². The van der Waals surface area contributed by atoms with Crippen LogP contribution in [0, 0.1) is 11.8 Å². The van der Waals surface area contributed by atoms with Gasteiger partial charge in [0, 0.05) is 39.1 Å². The van der Waals surface area contributed by atoms with Crippen molar-refractivity contribution in [2.45, 2.75) is 84.0 Å². The van der Waals surface area contributed by atoms with E-state index in [9.17, 15) is 24.3 Å². The molecule has 1 aliphatic rings. The number of fused-ring (bicyclic) bond motifs is 3. The summed E-state index contributed by atoms with van der Waals surface area (Å²) in [7, 11) is 0. The molecule has 1 aromatic heterocycles. The van der Waals surface area contributed by atoms with E-state index in [2.05, 4.69) is 15.6 Å². The molecule has 0 saturated heterocycles. The van der Waals surface area contributed by atoms with Gasteiger partial charge in [-0.15, -0.1) is 0 Å². The third-order valence-corrected chi connectivity index (χ3v) is 10.2. The Morgan fingerprint density at radius 3 is 2.17 bits per heavy atom. The van der Waals surface area contributed by atoms with Crippen LogP contribution in [0.2, 0.25) is 20.1 Å². The van der Waals surface area contributed by atoms with Crippen molar-refractivity contribution in [3.63, 3.8) is 0 Å². The van der Waals surface area contributed by atoms with Crippen LogP contribution in [0.1, 0.15) is 63.8 Å². The average molecular weight is 728 g/mol. The summed E-state index contributed by atoms with van der Waals surface area (Å²) in [6, 6.07) is 5.85. The Hall–Kier alpha value is -3.18. The van der Waals surface area contributed by atoms with Crippen molar-refractivity contribution in [3.8, 4) is 0 Å². The van der Waals surface area contributed by atoms with Crippen LogP contribution in [-0.2, 0) is 33.8 Å². The largest absolute Gasteiger partial charge is 0.465 e. The Labute approximate surface area is 293 Å². The van der Waals surface area contributed by atoms with Crippen LogP contribution < -0.4 is 16.4 Å². The number of hydrogen-bond acceptors (Lipinski definition) is 4. The normalized spacial score (nSPS) is 18.5. The molecule has 0 aliphatic heterocycles. The molecule has 6 N–H and O–H groups in total. The van der Waals surface area contributed by atoms with Crippen molar-refractivity contribution in [2.24, 2.45) is 17.6 Å². The molecule has 14 heteroatoms. The minimum absolute atomic E-state index is 0.0206. The molecular formula is C33H39Cl4N5O5. The van der Waals surface area contributed by atoms with Gasteiger partial charge in [-0.05, 0) is 66.1 Å². The van der Waals surface area contributed by atoms with Crippen LogP contribution in [-0.4, -0.2) is 56.4 Å². The minimum atomic E-state index is -1.58. The van der Waals surface area contributed by atoms with E-state index >= 15 is 0 Å². The fourth-order valence-electron chi connectivity index (χ4n) is 6.26. The third-order valence-electron chi connectivity index (χ3n) is 9.21. The monoisotopic (exact) mass is 725 g/mol. The van der Waals surface area contributed by atoms with Crippen LogP contribution in [0.5, 0.6) is 0 Å². The molecular weight excluding hydrogens is 688 g/mol. The molecule has 47 heavy (non-hydrogen) atoms. The van der Waals surface area contributed by atoms with Gasteiger partial charge in [0.05, 0.1) is 10.5 Å². The smallest absolute Gasteiger partial charge is 0.408 e. The molecule has 3 aromatic rings. The number of carboxylic acid groups (broad SMARTS) is 1. The highest BCUT2D eigenvalue weighted by molar-refractivity contribution is 6.38. The minimum Gasteiger partial charge on any atom is -0.465 e. The molecule has 5 atom stereocenters. The topological polar surface area (TPSA) is 158 Å². The maximum absolute atomic E-state index is 14.4. The number of amides is 4. The lowest BCUT2D eigenvalue weighted by atomic mass is 9.78. The SMILES string of the molecule is CCC(C)C(C(=O)N[C@]1(C(=O)N[C@H](C(N)=O)[C@@H](C)CC)CCc2[nH]c3c(Cl)cc(Cl)cc3c2C1)N(Cc1cc(Cl)cc(Cl)c1)C(=O)O. The van der Waals surface area contributed by atoms with E-state index in [0.29, 0.717) is 55.8 Å². The van der Waals surface area contributed by atoms with E-state index in [1.54, 1.807) is 38.1 Å². The summed E-state index contributed by atoms with van der Waals surface area (Å²) in [4.78, 5) is 58.4. The molecule has 0 radical (unpaired) electrons. The van der Waals surface area contributed by atoms with Crippen molar-refractivity contribution in [1.82, 2.24) is 20.5 Å². The Kier molecular flexibility index (Phi) is 11.6. The van der Waals surface area contributed by atoms with E-state index in [1.807, 2.05) is 13.8 Å². The van der Waals surface area contributed by atoms with Gasteiger partial charge in [-0.25, -0.2) is 4.79 Å². The molecule has 254 valence electrons. The summed E-state index contributed by atoms with van der Waals surface area (Å²) in [6.45, 7) is 7.11.